The summed E-state index contributed by atoms with van der Waals surface area (Å²) in [6.07, 6.45) is 37.5. The van der Waals surface area contributed by atoms with Crippen LogP contribution >= 0.6 is 68.0 Å². The molecule has 0 fully saturated rings. The first-order chi connectivity index (χ1) is 34.9. The minimum atomic E-state index is 0.941. The number of hydrogen-bond donors (Lipinski definition) is 0. The summed E-state index contributed by atoms with van der Waals surface area (Å²) in [5.74, 6) is 0. The fourth-order valence-corrected chi connectivity index (χ4v) is 17.6. The molecule has 3 nitrogen and oxygen atoms in total. The van der Waals surface area contributed by atoms with Crippen LogP contribution in [0.25, 0.3) is 59.3 Å². The Balaban J connectivity index is 1.28. The average Bonchev–Trinajstić information content (AvgIpc) is 4.24. The Labute approximate surface area is 455 Å². The van der Waals surface area contributed by atoms with Gasteiger partial charge in [0.1, 0.15) is 5.69 Å². The molecular weight excluding hydrogens is 979 g/mol. The van der Waals surface area contributed by atoms with Crippen molar-refractivity contribution < 1.29 is 0 Å². The molecule has 7 rings (SSSR count). The summed E-state index contributed by atoms with van der Waals surface area (Å²) in [5.41, 5.74) is 8.85. The van der Waals surface area contributed by atoms with E-state index in [0.29, 0.717) is 0 Å². The molecular formula is C62H87N3S6. The fourth-order valence-electron chi connectivity index (χ4n) is 10.1. The van der Waals surface area contributed by atoms with E-state index < -0.39 is 0 Å². The van der Waals surface area contributed by atoms with Gasteiger partial charge in [0.25, 0.3) is 0 Å². The molecule has 386 valence electrons. The molecule has 71 heavy (non-hydrogen) atoms. The number of hydrogen-bond acceptors (Lipinski definition) is 8. The van der Waals surface area contributed by atoms with Crippen molar-refractivity contribution in [1.29, 1.82) is 0 Å². The van der Waals surface area contributed by atoms with Crippen molar-refractivity contribution in [2.45, 2.75) is 235 Å². The van der Waals surface area contributed by atoms with Gasteiger partial charge in [-0.05, 0) is 148 Å². The summed E-state index contributed by atoms with van der Waals surface area (Å²) in [4.78, 5) is 17.7. The Morgan fingerprint density at radius 3 is 1.08 bits per heavy atom. The van der Waals surface area contributed by atoms with Crippen LogP contribution in [-0.2, 0) is 38.6 Å². The van der Waals surface area contributed by atoms with Crippen molar-refractivity contribution in [2.75, 3.05) is 0 Å². The van der Waals surface area contributed by atoms with Gasteiger partial charge in [0.05, 0.1) is 11.1 Å². The number of aryl methyl sites for hydroxylation is 7. The van der Waals surface area contributed by atoms with Gasteiger partial charge in [0.2, 0.25) is 0 Å². The van der Waals surface area contributed by atoms with Gasteiger partial charge < -0.3 is 0 Å². The molecule has 7 aromatic heterocycles. The maximum absolute atomic E-state index is 4.65. The van der Waals surface area contributed by atoms with E-state index in [2.05, 4.69) is 153 Å². The zero-order valence-electron chi connectivity index (χ0n) is 44.9. The topological polar surface area (TPSA) is 30.7 Å². The third kappa shape index (κ3) is 15.9. The number of rotatable bonds is 35. The van der Waals surface area contributed by atoms with Crippen molar-refractivity contribution in [3.63, 3.8) is 0 Å². The lowest BCUT2D eigenvalue weighted by atomic mass is 10.0. The third-order valence-corrected chi connectivity index (χ3v) is 22.0. The van der Waals surface area contributed by atoms with Crippen LogP contribution in [0.1, 0.15) is 222 Å². The lowest BCUT2D eigenvalue weighted by molar-refractivity contribution is 0.537. The fraction of sp³-hybridized carbons (Fsp3) is 0.581. The van der Waals surface area contributed by atoms with Crippen LogP contribution in [0.4, 0.5) is 0 Å². The van der Waals surface area contributed by atoms with Crippen LogP contribution in [0.5, 0.6) is 0 Å². The molecule has 0 aliphatic carbocycles. The number of aromatic nitrogens is 3. The maximum Gasteiger partial charge on any atom is 0.123 e. The van der Waals surface area contributed by atoms with E-state index in [1.54, 1.807) is 36.9 Å². The van der Waals surface area contributed by atoms with Crippen LogP contribution in [0.2, 0.25) is 0 Å². The van der Waals surface area contributed by atoms with Gasteiger partial charge in [-0.3, -0.25) is 4.68 Å². The van der Waals surface area contributed by atoms with Crippen LogP contribution in [0.15, 0.2) is 48.7 Å². The minimum absolute atomic E-state index is 0.941. The zero-order valence-corrected chi connectivity index (χ0v) is 49.8. The molecule has 0 saturated carbocycles. The molecule has 0 amide bonds. The molecule has 0 unspecified atom stereocenters. The zero-order chi connectivity index (χ0) is 49.8. The monoisotopic (exact) mass is 1070 g/mol. The SMILES string of the molecule is CCCCCCc1cc(C)sc1-c1cc(CCCCCC)c(-c2cc(CCCCCC)c(-c3cc(CCCCCC)c(-c4cc(CCCCCC)c(-c5ccc(-c6cn(CCCCC)nn6)s5)s4)s3)s2)s1. The molecule has 0 N–H and O–H groups in total. The molecule has 0 radical (unpaired) electrons. The number of thiophene rings is 6. The van der Waals surface area contributed by atoms with E-state index in [1.165, 1.54) is 210 Å². The summed E-state index contributed by atoms with van der Waals surface area (Å²) in [5, 5.41) is 9.17. The quantitative estimate of drug-likeness (QED) is 0.0371. The second-order valence-corrected chi connectivity index (χ2v) is 26.9. The Morgan fingerprint density at radius 2 is 0.690 bits per heavy atom. The molecule has 0 aliphatic rings. The van der Waals surface area contributed by atoms with E-state index in [0.717, 1.165) is 31.5 Å². The number of unbranched alkanes of at least 4 members (excludes halogenated alkanes) is 17. The van der Waals surface area contributed by atoms with Crippen molar-refractivity contribution in [2.24, 2.45) is 0 Å². The van der Waals surface area contributed by atoms with Crippen molar-refractivity contribution in [3.8, 4) is 59.3 Å². The van der Waals surface area contributed by atoms with Gasteiger partial charge in [-0.2, -0.15) is 0 Å². The Morgan fingerprint density at radius 1 is 0.352 bits per heavy atom. The lowest BCUT2D eigenvalue weighted by Crippen LogP contribution is -1.98. The summed E-state index contributed by atoms with van der Waals surface area (Å²) in [6.45, 7) is 17.2. The van der Waals surface area contributed by atoms with Crippen molar-refractivity contribution >= 4 is 68.0 Å². The molecule has 0 aromatic carbocycles. The first kappa shape index (κ1) is 56.1. The van der Waals surface area contributed by atoms with Gasteiger partial charge in [0.15, 0.2) is 0 Å². The standard InChI is InChI=1S/C62H87N3S6/c1-8-14-20-25-31-46-39-45(7)66-59(46)54-41-48(33-27-22-16-10-3)61(69-54)56-43-50(35-29-24-18-12-5)62(71-56)57-42-49(34-28-23-17-11-4)60(70-57)55-40-47(32-26-21-15-9-2)58(68-55)53-37-36-52(67-53)51-44-65(64-63-51)38-30-19-13-6/h36-37,39-44H,8-35,38H2,1-7H3. The summed E-state index contributed by atoms with van der Waals surface area (Å²) in [6, 6.07) is 17.7. The van der Waals surface area contributed by atoms with E-state index >= 15 is 0 Å². The summed E-state index contributed by atoms with van der Waals surface area (Å²) in [7, 11) is 0. The molecule has 0 atom stereocenters. The highest BCUT2D eigenvalue weighted by Gasteiger charge is 2.24. The largest absolute Gasteiger partial charge is 0.252 e. The van der Waals surface area contributed by atoms with Gasteiger partial charge in [-0.15, -0.1) is 73.1 Å². The molecule has 7 heterocycles. The van der Waals surface area contributed by atoms with Crippen LogP contribution in [0, 0.1) is 6.92 Å². The molecule has 0 bridgehead atoms. The third-order valence-electron chi connectivity index (χ3n) is 14.2. The van der Waals surface area contributed by atoms with Gasteiger partial charge >= 0.3 is 0 Å². The highest BCUT2D eigenvalue weighted by Crippen LogP contribution is 2.52. The lowest BCUT2D eigenvalue weighted by Gasteiger charge is -2.02. The van der Waals surface area contributed by atoms with E-state index in [1.807, 2.05) is 27.4 Å². The molecule has 0 spiro atoms. The molecule has 7 aromatic rings. The highest BCUT2D eigenvalue weighted by molar-refractivity contribution is 7.31. The van der Waals surface area contributed by atoms with Crippen LogP contribution in [0.3, 0.4) is 0 Å². The van der Waals surface area contributed by atoms with Crippen LogP contribution in [-0.4, -0.2) is 15.0 Å². The summed E-state index contributed by atoms with van der Waals surface area (Å²) >= 11 is 12.3. The highest BCUT2D eigenvalue weighted by atomic mass is 32.1. The van der Waals surface area contributed by atoms with Gasteiger partial charge in [0, 0.05) is 60.2 Å². The first-order valence-electron chi connectivity index (χ1n) is 28.5. The van der Waals surface area contributed by atoms with Gasteiger partial charge in [-0.1, -0.05) is 156 Å². The molecule has 0 aliphatic heterocycles. The van der Waals surface area contributed by atoms with Crippen LogP contribution < -0.4 is 0 Å². The van der Waals surface area contributed by atoms with Crippen molar-refractivity contribution in [3.05, 3.63) is 81.4 Å². The average molecular weight is 1070 g/mol. The smallest absolute Gasteiger partial charge is 0.123 e. The predicted molar refractivity (Wildman–Crippen MR) is 323 cm³/mol. The second-order valence-electron chi connectivity index (χ2n) is 20.4. The van der Waals surface area contributed by atoms with E-state index in [9.17, 15) is 0 Å². The maximum atomic E-state index is 4.65. The first-order valence-corrected chi connectivity index (χ1v) is 33.4. The van der Waals surface area contributed by atoms with Gasteiger partial charge in [-0.25, -0.2) is 0 Å². The molecule has 0 saturated heterocycles. The van der Waals surface area contributed by atoms with E-state index in [4.69, 9.17) is 0 Å². The molecule has 9 heteroatoms. The normalized spacial score (nSPS) is 11.8. The van der Waals surface area contributed by atoms with E-state index in [-0.39, 0.29) is 0 Å². The Kier molecular flexibility index (Phi) is 23.7. The predicted octanol–water partition coefficient (Wildman–Crippen LogP) is 22.8. The Bertz CT molecular complexity index is 2600. The van der Waals surface area contributed by atoms with Crippen molar-refractivity contribution in [1.82, 2.24) is 15.0 Å². The minimum Gasteiger partial charge on any atom is -0.252 e. The number of nitrogens with zero attached hydrogens (tertiary/aromatic N) is 3. The Hall–Kier alpha value is -2.66. The summed E-state index contributed by atoms with van der Waals surface area (Å²) < 4.78 is 2.04. The second kappa shape index (κ2) is 30.0.